The minimum Gasteiger partial charge on any atom is -0.310 e. The molecule has 2 heteroatoms. The Labute approximate surface area is 373 Å². The summed E-state index contributed by atoms with van der Waals surface area (Å²) >= 11 is 1.92. The quantitative estimate of drug-likeness (QED) is 0.167. The average Bonchev–Trinajstić information content (AvgIpc) is 3.94. The fourth-order valence-corrected chi connectivity index (χ4v) is 13.5. The molecule has 0 N–H and O–H groups in total. The van der Waals surface area contributed by atoms with Crippen LogP contribution in [-0.2, 0) is 10.8 Å². The fraction of sp³-hybridized carbons (Fsp3) is 0.148. The molecule has 0 atom stereocenters. The van der Waals surface area contributed by atoms with Crippen LogP contribution in [0.1, 0.15) is 68.2 Å². The van der Waals surface area contributed by atoms with Gasteiger partial charge in [0.05, 0.1) is 5.69 Å². The summed E-state index contributed by atoms with van der Waals surface area (Å²) in [6, 6.07) is 71.4. The van der Waals surface area contributed by atoms with Gasteiger partial charge >= 0.3 is 0 Å². The first-order valence-electron chi connectivity index (χ1n) is 22.8. The molecule has 1 spiro atoms. The van der Waals surface area contributed by atoms with E-state index < -0.39 is 0 Å². The van der Waals surface area contributed by atoms with E-state index in [9.17, 15) is 0 Å². The van der Waals surface area contributed by atoms with Crippen LogP contribution in [0.5, 0.6) is 0 Å². The molecule has 0 unspecified atom stereocenters. The van der Waals surface area contributed by atoms with Crippen LogP contribution in [0.25, 0.3) is 75.5 Å². The molecule has 1 saturated carbocycles. The minimum atomic E-state index is -0.0949. The van der Waals surface area contributed by atoms with Crippen LogP contribution in [0, 0.1) is 0 Å². The molecule has 1 nitrogen and oxygen atoms in total. The predicted molar refractivity (Wildman–Crippen MR) is 269 cm³/mol. The van der Waals surface area contributed by atoms with Gasteiger partial charge in [-0.05, 0) is 121 Å². The van der Waals surface area contributed by atoms with Crippen molar-refractivity contribution < 1.29 is 0 Å². The van der Waals surface area contributed by atoms with Gasteiger partial charge in [-0.1, -0.05) is 185 Å². The van der Waals surface area contributed by atoms with Crippen LogP contribution >= 0.6 is 11.3 Å². The molecule has 10 aromatic rings. The van der Waals surface area contributed by atoms with Crippen LogP contribution in [-0.4, -0.2) is 0 Å². The molecule has 3 aliphatic rings. The Morgan fingerprint density at radius 1 is 0.444 bits per heavy atom. The maximum Gasteiger partial charge on any atom is 0.0540 e. The lowest BCUT2D eigenvalue weighted by Gasteiger charge is -2.37. The topological polar surface area (TPSA) is 3.24 Å². The molecule has 63 heavy (non-hydrogen) atoms. The normalized spacial score (nSPS) is 15.4. The Kier molecular flexibility index (Phi) is 8.12. The van der Waals surface area contributed by atoms with Gasteiger partial charge in [-0.15, -0.1) is 11.3 Å². The summed E-state index contributed by atoms with van der Waals surface area (Å²) in [7, 11) is 0. The molecule has 1 fully saturated rings. The lowest BCUT2D eigenvalue weighted by molar-refractivity contribution is 0.353. The van der Waals surface area contributed by atoms with Crippen LogP contribution in [0.3, 0.4) is 0 Å². The zero-order valence-corrected chi connectivity index (χ0v) is 36.6. The van der Waals surface area contributed by atoms with Crippen molar-refractivity contribution in [3.63, 3.8) is 0 Å². The van der Waals surface area contributed by atoms with Crippen LogP contribution in [0.4, 0.5) is 17.1 Å². The van der Waals surface area contributed by atoms with E-state index in [1.165, 1.54) is 141 Å². The number of hydrogen-bond acceptors (Lipinski definition) is 2. The molecular weight excluding hydrogens is 779 g/mol. The van der Waals surface area contributed by atoms with Gasteiger partial charge < -0.3 is 4.90 Å². The van der Waals surface area contributed by atoms with E-state index in [1.807, 2.05) is 11.3 Å². The average molecular weight is 826 g/mol. The number of nitrogens with zero attached hydrogens (tertiary/aromatic N) is 1. The summed E-state index contributed by atoms with van der Waals surface area (Å²) < 4.78 is 2.68. The Morgan fingerprint density at radius 3 is 1.92 bits per heavy atom. The SMILES string of the molecule is CC1(C)c2ccccc2-c2cccc(-c3ccc(N(c4ccc5c(c4)C4(CCCCC4)c4ccccc4-5)c4ccccc4-c4cccc5sc6c7ccccc7ccc6c45)cc3)c21. The molecule has 0 amide bonds. The summed E-state index contributed by atoms with van der Waals surface area (Å²) in [6.07, 6.45) is 6.26. The van der Waals surface area contributed by atoms with Crippen LogP contribution in [0.15, 0.2) is 188 Å². The second-order valence-corrected chi connectivity index (χ2v) is 19.7. The lowest BCUT2D eigenvalue weighted by atomic mass is 9.68. The molecule has 0 bridgehead atoms. The van der Waals surface area contributed by atoms with Crippen LogP contribution < -0.4 is 4.90 Å². The maximum atomic E-state index is 2.57. The maximum absolute atomic E-state index is 2.57. The molecule has 0 radical (unpaired) electrons. The van der Waals surface area contributed by atoms with Gasteiger partial charge in [0, 0.05) is 47.9 Å². The van der Waals surface area contributed by atoms with Crippen molar-refractivity contribution >= 4 is 59.3 Å². The molecule has 302 valence electrons. The number of para-hydroxylation sites is 1. The number of rotatable bonds is 5. The molecule has 3 aliphatic carbocycles. The smallest absolute Gasteiger partial charge is 0.0540 e. The van der Waals surface area contributed by atoms with Gasteiger partial charge in [-0.3, -0.25) is 0 Å². The molecule has 1 aromatic heterocycles. The molecule has 9 aromatic carbocycles. The molecule has 13 rings (SSSR count). The highest BCUT2D eigenvalue weighted by Gasteiger charge is 2.44. The zero-order valence-electron chi connectivity index (χ0n) is 35.8. The highest BCUT2D eigenvalue weighted by atomic mass is 32.1. The fourth-order valence-electron chi connectivity index (χ4n) is 12.3. The second kappa shape index (κ2) is 13.9. The molecule has 0 aliphatic heterocycles. The number of anilines is 3. The first-order chi connectivity index (χ1) is 31.0. The zero-order chi connectivity index (χ0) is 41.9. The van der Waals surface area contributed by atoms with E-state index in [1.54, 1.807) is 0 Å². The van der Waals surface area contributed by atoms with E-state index in [-0.39, 0.29) is 10.8 Å². The van der Waals surface area contributed by atoms with E-state index in [2.05, 4.69) is 207 Å². The van der Waals surface area contributed by atoms with Gasteiger partial charge in [0.2, 0.25) is 0 Å². The Balaban J connectivity index is 1.02. The summed E-state index contributed by atoms with van der Waals surface area (Å²) in [5.41, 5.74) is 19.9. The van der Waals surface area contributed by atoms with Gasteiger partial charge in [0.1, 0.15) is 0 Å². The van der Waals surface area contributed by atoms with Crippen molar-refractivity contribution in [2.45, 2.75) is 56.8 Å². The second-order valence-electron chi connectivity index (χ2n) is 18.7. The van der Waals surface area contributed by atoms with E-state index in [0.29, 0.717) is 0 Å². The molecule has 0 saturated heterocycles. The van der Waals surface area contributed by atoms with Crippen molar-refractivity contribution in [2.24, 2.45) is 0 Å². The third-order valence-corrected chi connectivity index (χ3v) is 16.3. The predicted octanol–water partition coefficient (Wildman–Crippen LogP) is 17.5. The van der Waals surface area contributed by atoms with Crippen molar-refractivity contribution in [1.82, 2.24) is 0 Å². The third kappa shape index (κ3) is 5.34. The summed E-state index contributed by atoms with van der Waals surface area (Å²) in [6.45, 7) is 4.78. The highest BCUT2D eigenvalue weighted by Crippen LogP contribution is 2.58. The standard InChI is InChI=1S/C61H47NS/c1-60(2)52-24-9-6-19-46(52)50-23-14-21-43(58(50)60)40-28-31-41(32-29-40)62(42-33-35-47-45-18-7-10-25-53(45)61(54(47)38-42)36-12-3-13-37-61)55-26-11-8-20-48(55)49-22-15-27-56-57(49)51-34-30-39-16-4-5-17-44(39)59(51)63-56/h4-11,14-35,38H,3,12-13,36-37H2,1-2H3. The number of benzene rings is 9. The van der Waals surface area contributed by atoms with E-state index >= 15 is 0 Å². The number of hydrogen-bond donors (Lipinski definition) is 0. The summed E-state index contributed by atoms with van der Waals surface area (Å²) in [5, 5.41) is 5.27. The van der Waals surface area contributed by atoms with E-state index in [4.69, 9.17) is 0 Å². The first kappa shape index (κ1) is 36.9. The summed E-state index contributed by atoms with van der Waals surface area (Å²) in [4.78, 5) is 2.55. The summed E-state index contributed by atoms with van der Waals surface area (Å²) in [5.74, 6) is 0. The first-order valence-corrected chi connectivity index (χ1v) is 23.6. The van der Waals surface area contributed by atoms with Crippen molar-refractivity contribution in [1.29, 1.82) is 0 Å². The minimum absolute atomic E-state index is 0.0528. The van der Waals surface area contributed by atoms with Crippen molar-refractivity contribution in [3.8, 4) is 44.5 Å². The van der Waals surface area contributed by atoms with Gasteiger partial charge in [0.25, 0.3) is 0 Å². The van der Waals surface area contributed by atoms with Crippen molar-refractivity contribution in [2.75, 3.05) is 4.90 Å². The number of fused-ring (bicyclic) bond motifs is 13. The van der Waals surface area contributed by atoms with Gasteiger partial charge in [0.15, 0.2) is 0 Å². The molecule has 1 heterocycles. The Hall–Kier alpha value is -6.74. The highest BCUT2D eigenvalue weighted by molar-refractivity contribution is 7.26. The van der Waals surface area contributed by atoms with Gasteiger partial charge in [-0.2, -0.15) is 0 Å². The molecular formula is C61H47NS. The van der Waals surface area contributed by atoms with Crippen LogP contribution in [0.2, 0.25) is 0 Å². The Morgan fingerprint density at radius 2 is 1.08 bits per heavy atom. The largest absolute Gasteiger partial charge is 0.310 e. The monoisotopic (exact) mass is 825 g/mol. The van der Waals surface area contributed by atoms with Crippen molar-refractivity contribution in [3.05, 3.63) is 210 Å². The third-order valence-electron chi connectivity index (χ3n) is 15.1. The van der Waals surface area contributed by atoms with E-state index in [0.717, 1.165) is 5.69 Å². The number of thiophene rings is 1. The lowest BCUT2D eigenvalue weighted by Crippen LogP contribution is -2.28. The van der Waals surface area contributed by atoms with Gasteiger partial charge in [-0.25, -0.2) is 0 Å². The Bertz CT molecular complexity index is 3470.